The number of benzene rings is 1. The number of ether oxygens (including phenoxy) is 2. The highest BCUT2D eigenvalue weighted by atomic mass is 35.5. The van der Waals surface area contributed by atoms with Gasteiger partial charge in [0, 0.05) is 0 Å². The number of halogens is 2. The van der Waals surface area contributed by atoms with Gasteiger partial charge in [-0.25, -0.2) is 9.18 Å². The molecule has 1 heterocycles. The zero-order valence-corrected chi connectivity index (χ0v) is 10.5. The number of carbonyl (C=O) groups is 1. The third-order valence-electron chi connectivity index (χ3n) is 2.16. The quantitative estimate of drug-likeness (QED) is 0.810. The van der Waals surface area contributed by atoms with E-state index in [0.29, 0.717) is 5.75 Å². The van der Waals surface area contributed by atoms with E-state index in [1.807, 2.05) is 0 Å². The molecule has 0 unspecified atom stereocenters. The lowest BCUT2D eigenvalue weighted by molar-refractivity contribution is 0.0596. The van der Waals surface area contributed by atoms with Crippen molar-refractivity contribution in [2.75, 3.05) is 7.11 Å². The summed E-state index contributed by atoms with van der Waals surface area (Å²) < 4.78 is 22.7. The van der Waals surface area contributed by atoms with E-state index in [1.54, 1.807) is 0 Å². The number of esters is 1. The minimum atomic E-state index is -0.658. The number of rotatable bonds is 3. The van der Waals surface area contributed by atoms with Crippen molar-refractivity contribution < 1.29 is 18.7 Å². The maximum Gasteiger partial charge on any atom is 0.343 e. The summed E-state index contributed by atoms with van der Waals surface area (Å²) in [6.07, 6.45) is 0. The van der Waals surface area contributed by atoms with Gasteiger partial charge in [-0.15, -0.1) is 10.2 Å². The van der Waals surface area contributed by atoms with Crippen LogP contribution < -0.4 is 4.74 Å². The summed E-state index contributed by atoms with van der Waals surface area (Å²) in [5, 5.41) is 7.28. The van der Waals surface area contributed by atoms with Crippen LogP contribution in [0, 0.1) is 5.82 Å². The zero-order chi connectivity index (χ0) is 13.8. The molecular weight excluding hydrogens is 275 g/mol. The molecular formula is C12H8ClFN2O3. The first-order chi connectivity index (χ1) is 9.10. The molecule has 0 saturated carbocycles. The molecule has 0 aliphatic carbocycles. The Bertz CT molecular complexity index is 604. The molecule has 2 rings (SSSR count). The first kappa shape index (κ1) is 13.2. The van der Waals surface area contributed by atoms with Crippen molar-refractivity contribution in [3.05, 3.63) is 46.9 Å². The largest absolute Gasteiger partial charge is 0.465 e. The third kappa shape index (κ3) is 3.17. The number of carbonyl (C=O) groups excluding carboxylic acids is 1. The Hall–Kier alpha value is -2.21. The maximum absolute atomic E-state index is 12.8. The standard InChI is InChI=1S/C12H8ClFN2O3/c1-18-12(17)9-6-10(13)15-16-11(9)19-8-4-2-7(14)3-5-8/h2-6H,1H3. The molecule has 0 fully saturated rings. The Labute approximate surface area is 112 Å². The lowest BCUT2D eigenvalue weighted by atomic mass is 10.3. The molecule has 1 aromatic heterocycles. The predicted octanol–water partition coefficient (Wildman–Crippen LogP) is 2.85. The van der Waals surface area contributed by atoms with Crippen molar-refractivity contribution in [2.45, 2.75) is 0 Å². The van der Waals surface area contributed by atoms with Gasteiger partial charge in [0.05, 0.1) is 7.11 Å². The van der Waals surface area contributed by atoms with E-state index >= 15 is 0 Å². The molecule has 98 valence electrons. The number of methoxy groups -OCH3 is 1. The summed E-state index contributed by atoms with van der Waals surface area (Å²) in [5.74, 6) is -0.817. The number of hydrogen-bond donors (Lipinski definition) is 0. The summed E-state index contributed by atoms with van der Waals surface area (Å²) in [6, 6.07) is 6.51. The molecule has 2 aromatic rings. The van der Waals surface area contributed by atoms with E-state index in [1.165, 1.54) is 37.4 Å². The van der Waals surface area contributed by atoms with Gasteiger partial charge in [-0.1, -0.05) is 11.6 Å². The Morgan fingerprint density at radius 2 is 1.95 bits per heavy atom. The van der Waals surface area contributed by atoms with E-state index in [-0.39, 0.29) is 16.6 Å². The van der Waals surface area contributed by atoms with E-state index in [0.717, 1.165) is 0 Å². The Balaban J connectivity index is 2.34. The summed E-state index contributed by atoms with van der Waals surface area (Å²) in [4.78, 5) is 11.5. The average molecular weight is 283 g/mol. The van der Waals surface area contributed by atoms with E-state index in [4.69, 9.17) is 16.3 Å². The number of nitrogens with zero attached hydrogens (tertiary/aromatic N) is 2. The Morgan fingerprint density at radius 3 is 2.58 bits per heavy atom. The lowest BCUT2D eigenvalue weighted by Gasteiger charge is -2.08. The van der Waals surface area contributed by atoms with Gasteiger partial charge in [-0.2, -0.15) is 0 Å². The molecule has 0 atom stereocenters. The summed E-state index contributed by atoms with van der Waals surface area (Å²) in [7, 11) is 1.22. The summed E-state index contributed by atoms with van der Waals surface area (Å²) in [6.45, 7) is 0. The molecule has 0 saturated heterocycles. The van der Waals surface area contributed by atoms with E-state index < -0.39 is 11.8 Å². The highest BCUT2D eigenvalue weighted by molar-refractivity contribution is 6.29. The van der Waals surface area contributed by atoms with Gasteiger partial charge in [-0.05, 0) is 30.3 Å². The smallest absolute Gasteiger partial charge is 0.343 e. The summed E-state index contributed by atoms with van der Waals surface area (Å²) >= 11 is 5.66. The van der Waals surface area contributed by atoms with Crippen molar-refractivity contribution in [3.63, 3.8) is 0 Å². The van der Waals surface area contributed by atoms with Crippen molar-refractivity contribution in [1.82, 2.24) is 10.2 Å². The van der Waals surface area contributed by atoms with Crippen LogP contribution in [-0.2, 0) is 4.74 Å². The topological polar surface area (TPSA) is 61.3 Å². The van der Waals surface area contributed by atoms with Gasteiger partial charge in [0.25, 0.3) is 5.88 Å². The molecule has 7 heteroatoms. The van der Waals surface area contributed by atoms with E-state index in [2.05, 4.69) is 14.9 Å². The highest BCUT2D eigenvalue weighted by Crippen LogP contribution is 2.24. The van der Waals surface area contributed by atoms with Crippen LogP contribution in [0.25, 0.3) is 0 Å². The second kappa shape index (κ2) is 5.62. The molecule has 5 nitrogen and oxygen atoms in total. The Morgan fingerprint density at radius 1 is 1.26 bits per heavy atom. The maximum atomic E-state index is 12.8. The molecule has 19 heavy (non-hydrogen) atoms. The minimum Gasteiger partial charge on any atom is -0.465 e. The fourth-order valence-corrected chi connectivity index (χ4v) is 1.45. The van der Waals surface area contributed by atoms with Crippen molar-refractivity contribution >= 4 is 17.6 Å². The van der Waals surface area contributed by atoms with Gasteiger partial charge in [0.1, 0.15) is 17.1 Å². The number of aromatic nitrogens is 2. The molecule has 0 radical (unpaired) electrons. The number of hydrogen-bond acceptors (Lipinski definition) is 5. The fourth-order valence-electron chi connectivity index (χ4n) is 1.30. The molecule has 0 amide bonds. The van der Waals surface area contributed by atoms with Crippen LogP contribution >= 0.6 is 11.6 Å². The monoisotopic (exact) mass is 282 g/mol. The van der Waals surface area contributed by atoms with Crippen LogP contribution in [0.2, 0.25) is 5.15 Å². The van der Waals surface area contributed by atoms with Crippen LogP contribution in [0.3, 0.4) is 0 Å². The second-order valence-electron chi connectivity index (χ2n) is 3.43. The van der Waals surface area contributed by atoms with Gasteiger partial charge >= 0.3 is 5.97 Å². The minimum absolute atomic E-state index is 0.0341. The van der Waals surface area contributed by atoms with Crippen molar-refractivity contribution in [2.24, 2.45) is 0 Å². The molecule has 0 spiro atoms. The predicted molar refractivity (Wildman–Crippen MR) is 64.9 cm³/mol. The molecule has 1 aromatic carbocycles. The lowest BCUT2D eigenvalue weighted by Crippen LogP contribution is -2.06. The first-order valence-electron chi connectivity index (χ1n) is 5.15. The van der Waals surface area contributed by atoms with Crippen LogP contribution in [0.4, 0.5) is 4.39 Å². The molecule has 0 aliphatic heterocycles. The first-order valence-corrected chi connectivity index (χ1v) is 5.53. The third-order valence-corrected chi connectivity index (χ3v) is 2.35. The van der Waals surface area contributed by atoms with Gasteiger partial charge < -0.3 is 9.47 Å². The molecule has 0 bridgehead atoms. The Kier molecular flexibility index (Phi) is 3.91. The zero-order valence-electron chi connectivity index (χ0n) is 9.76. The van der Waals surface area contributed by atoms with Gasteiger partial charge in [0.2, 0.25) is 0 Å². The van der Waals surface area contributed by atoms with Crippen LogP contribution in [0.1, 0.15) is 10.4 Å². The van der Waals surface area contributed by atoms with Crippen LogP contribution in [0.5, 0.6) is 11.6 Å². The normalized spacial score (nSPS) is 10.1. The van der Waals surface area contributed by atoms with Crippen LogP contribution in [0.15, 0.2) is 30.3 Å². The SMILES string of the molecule is COC(=O)c1cc(Cl)nnc1Oc1ccc(F)cc1. The van der Waals surface area contributed by atoms with Gasteiger partial charge in [0.15, 0.2) is 5.15 Å². The van der Waals surface area contributed by atoms with Crippen molar-refractivity contribution in [3.8, 4) is 11.6 Å². The van der Waals surface area contributed by atoms with E-state index in [9.17, 15) is 9.18 Å². The van der Waals surface area contributed by atoms with Gasteiger partial charge in [-0.3, -0.25) is 0 Å². The fraction of sp³-hybridized carbons (Fsp3) is 0.0833. The van der Waals surface area contributed by atoms with Crippen molar-refractivity contribution in [1.29, 1.82) is 0 Å². The average Bonchev–Trinajstić information content (AvgIpc) is 2.42. The molecule has 0 N–H and O–H groups in total. The summed E-state index contributed by atoms with van der Waals surface area (Å²) in [5.41, 5.74) is 0.0341. The second-order valence-corrected chi connectivity index (χ2v) is 3.82. The highest BCUT2D eigenvalue weighted by Gasteiger charge is 2.17. The van der Waals surface area contributed by atoms with Crippen LogP contribution in [-0.4, -0.2) is 23.3 Å². The molecule has 0 aliphatic rings.